The zero-order valence-corrected chi connectivity index (χ0v) is 15.8. The van der Waals surface area contributed by atoms with Crippen LogP contribution in [0, 0.1) is 0 Å². The average Bonchev–Trinajstić information content (AvgIpc) is 2.95. The van der Waals surface area contributed by atoms with Crippen LogP contribution < -0.4 is 0 Å². The SMILES string of the molecule is CCCCCCC/C=C/CCCCCO[C@@H](CO)[C@@H]1OC[C@@H](O)[C@@H]1O. The molecule has 0 bridgehead atoms. The van der Waals surface area contributed by atoms with Crippen LogP contribution in [0.25, 0.3) is 0 Å². The van der Waals surface area contributed by atoms with Crippen LogP contribution in [0.1, 0.15) is 71.1 Å². The number of rotatable bonds is 15. The molecule has 3 N–H and O–H groups in total. The van der Waals surface area contributed by atoms with Gasteiger partial charge in [0.05, 0.1) is 13.2 Å². The minimum Gasteiger partial charge on any atom is -0.394 e. The van der Waals surface area contributed by atoms with Crippen LogP contribution in [-0.2, 0) is 9.47 Å². The molecule has 0 unspecified atom stereocenters. The van der Waals surface area contributed by atoms with Gasteiger partial charge >= 0.3 is 0 Å². The van der Waals surface area contributed by atoms with Gasteiger partial charge in [0, 0.05) is 6.61 Å². The number of aliphatic hydroxyl groups excluding tert-OH is 3. The minimum absolute atomic E-state index is 0.0939. The molecule has 1 saturated heterocycles. The standard InChI is InChI=1S/C20H38O5/c1-2-3-4-5-6-7-8-9-10-11-12-13-14-24-18(15-21)20-19(23)17(22)16-25-20/h8-9,17-23H,2-7,10-16H2,1H3/b9-8+/t17-,18+,19+,20+/m1/s1. The Morgan fingerprint density at radius 3 is 2.20 bits per heavy atom. The third-order valence-corrected chi connectivity index (χ3v) is 4.72. The summed E-state index contributed by atoms with van der Waals surface area (Å²) in [7, 11) is 0. The van der Waals surface area contributed by atoms with Gasteiger partial charge in [-0.15, -0.1) is 0 Å². The summed E-state index contributed by atoms with van der Waals surface area (Å²) < 4.78 is 10.9. The number of unbranched alkanes of at least 4 members (excludes halogenated alkanes) is 8. The maximum absolute atomic E-state index is 9.79. The monoisotopic (exact) mass is 358 g/mol. The summed E-state index contributed by atoms with van der Waals surface area (Å²) >= 11 is 0. The van der Waals surface area contributed by atoms with Gasteiger partial charge in [0.1, 0.15) is 24.4 Å². The molecule has 0 aromatic carbocycles. The fourth-order valence-electron chi connectivity index (χ4n) is 3.08. The molecule has 1 fully saturated rings. The Hall–Kier alpha value is -0.460. The summed E-state index contributed by atoms with van der Waals surface area (Å²) in [6.45, 7) is 2.66. The Bertz CT molecular complexity index is 334. The second-order valence-corrected chi connectivity index (χ2v) is 6.97. The van der Waals surface area contributed by atoms with E-state index in [9.17, 15) is 15.3 Å². The molecule has 0 aromatic rings. The first-order valence-corrected chi connectivity index (χ1v) is 10.1. The summed E-state index contributed by atoms with van der Waals surface area (Å²) in [5.74, 6) is 0. The first kappa shape index (κ1) is 22.6. The zero-order valence-electron chi connectivity index (χ0n) is 15.8. The zero-order chi connectivity index (χ0) is 18.3. The lowest BCUT2D eigenvalue weighted by Crippen LogP contribution is -2.42. The molecule has 148 valence electrons. The maximum Gasteiger partial charge on any atom is 0.114 e. The fourth-order valence-corrected chi connectivity index (χ4v) is 3.08. The Kier molecular flexibility index (Phi) is 13.3. The van der Waals surface area contributed by atoms with Gasteiger partial charge in [-0.2, -0.15) is 0 Å². The van der Waals surface area contributed by atoms with Crippen molar-refractivity contribution in [2.75, 3.05) is 19.8 Å². The predicted molar refractivity (Wildman–Crippen MR) is 99.6 cm³/mol. The summed E-state index contributed by atoms with van der Waals surface area (Å²) in [5.41, 5.74) is 0. The number of allylic oxidation sites excluding steroid dienone is 2. The van der Waals surface area contributed by atoms with Crippen molar-refractivity contribution in [3.8, 4) is 0 Å². The van der Waals surface area contributed by atoms with E-state index < -0.39 is 24.4 Å². The van der Waals surface area contributed by atoms with E-state index in [0.29, 0.717) is 6.61 Å². The van der Waals surface area contributed by atoms with Crippen molar-refractivity contribution in [2.24, 2.45) is 0 Å². The van der Waals surface area contributed by atoms with Gasteiger partial charge in [0.2, 0.25) is 0 Å². The molecule has 1 rings (SSSR count). The van der Waals surface area contributed by atoms with Crippen molar-refractivity contribution in [1.29, 1.82) is 0 Å². The minimum atomic E-state index is -0.982. The van der Waals surface area contributed by atoms with Crippen molar-refractivity contribution in [1.82, 2.24) is 0 Å². The van der Waals surface area contributed by atoms with Crippen molar-refractivity contribution < 1.29 is 24.8 Å². The maximum atomic E-state index is 9.79. The largest absolute Gasteiger partial charge is 0.394 e. The van der Waals surface area contributed by atoms with E-state index in [1.54, 1.807) is 0 Å². The van der Waals surface area contributed by atoms with E-state index in [4.69, 9.17) is 9.47 Å². The van der Waals surface area contributed by atoms with Gasteiger partial charge in [-0.3, -0.25) is 0 Å². The Balaban J connectivity index is 1.95. The second kappa shape index (κ2) is 14.7. The molecule has 1 heterocycles. The summed E-state index contributed by atoms with van der Waals surface area (Å²) in [6, 6.07) is 0. The number of hydrogen-bond acceptors (Lipinski definition) is 5. The average molecular weight is 359 g/mol. The molecular weight excluding hydrogens is 320 g/mol. The van der Waals surface area contributed by atoms with Crippen LogP contribution >= 0.6 is 0 Å². The molecule has 1 aliphatic rings. The first-order chi connectivity index (χ1) is 12.2. The molecule has 0 radical (unpaired) electrons. The van der Waals surface area contributed by atoms with Crippen LogP contribution in [0.15, 0.2) is 12.2 Å². The van der Waals surface area contributed by atoms with E-state index in [1.807, 2.05) is 0 Å². The highest BCUT2D eigenvalue weighted by molar-refractivity contribution is 4.88. The molecule has 0 spiro atoms. The molecule has 5 nitrogen and oxygen atoms in total. The molecule has 4 atom stereocenters. The molecule has 5 heteroatoms. The van der Waals surface area contributed by atoms with Gasteiger partial charge in [-0.25, -0.2) is 0 Å². The fraction of sp³-hybridized carbons (Fsp3) is 0.900. The molecule has 0 saturated carbocycles. The molecule has 25 heavy (non-hydrogen) atoms. The quantitative estimate of drug-likeness (QED) is 0.310. The van der Waals surface area contributed by atoms with Gasteiger partial charge in [0.15, 0.2) is 0 Å². The summed E-state index contributed by atoms with van der Waals surface area (Å²) in [6.07, 6.45) is 13.6. The topological polar surface area (TPSA) is 79.2 Å². The first-order valence-electron chi connectivity index (χ1n) is 10.1. The summed E-state index contributed by atoms with van der Waals surface area (Å²) in [4.78, 5) is 0. The van der Waals surface area contributed by atoms with Crippen molar-refractivity contribution in [3.05, 3.63) is 12.2 Å². The molecule has 0 amide bonds. The van der Waals surface area contributed by atoms with Crippen LogP contribution in [0.3, 0.4) is 0 Å². The van der Waals surface area contributed by atoms with Gasteiger partial charge < -0.3 is 24.8 Å². The van der Waals surface area contributed by atoms with Crippen molar-refractivity contribution in [3.63, 3.8) is 0 Å². The molecule has 0 aliphatic carbocycles. The molecule has 0 aromatic heterocycles. The number of aliphatic hydroxyl groups is 3. The van der Waals surface area contributed by atoms with Crippen molar-refractivity contribution >= 4 is 0 Å². The van der Waals surface area contributed by atoms with Crippen LogP contribution in [0.5, 0.6) is 0 Å². The van der Waals surface area contributed by atoms with E-state index in [1.165, 1.54) is 38.5 Å². The Labute approximate surface area is 153 Å². The van der Waals surface area contributed by atoms with Crippen LogP contribution in [-0.4, -0.2) is 59.6 Å². The van der Waals surface area contributed by atoms with E-state index >= 15 is 0 Å². The van der Waals surface area contributed by atoms with Crippen molar-refractivity contribution in [2.45, 2.75) is 95.5 Å². The molecular formula is C20H38O5. The smallest absolute Gasteiger partial charge is 0.114 e. The number of ether oxygens (including phenoxy) is 2. The lowest BCUT2D eigenvalue weighted by atomic mass is 10.1. The Morgan fingerprint density at radius 1 is 1.00 bits per heavy atom. The lowest BCUT2D eigenvalue weighted by molar-refractivity contribution is -0.101. The van der Waals surface area contributed by atoms with Crippen LogP contribution in [0.4, 0.5) is 0 Å². The van der Waals surface area contributed by atoms with Gasteiger partial charge in [-0.05, 0) is 32.1 Å². The highest BCUT2D eigenvalue weighted by Crippen LogP contribution is 2.19. The number of hydrogen-bond donors (Lipinski definition) is 3. The highest BCUT2D eigenvalue weighted by atomic mass is 16.6. The second-order valence-electron chi connectivity index (χ2n) is 6.97. The van der Waals surface area contributed by atoms with Gasteiger partial charge in [0.25, 0.3) is 0 Å². The van der Waals surface area contributed by atoms with E-state index in [-0.39, 0.29) is 13.2 Å². The van der Waals surface area contributed by atoms with Gasteiger partial charge in [-0.1, -0.05) is 51.2 Å². The van der Waals surface area contributed by atoms with E-state index in [0.717, 1.165) is 25.7 Å². The third-order valence-electron chi connectivity index (χ3n) is 4.72. The lowest BCUT2D eigenvalue weighted by Gasteiger charge is -2.24. The summed E-state index contributed by atoms with van der Waals surface area (Å²) in [5, 5.41) is 28.6. The third kappa shape index (κ3) is 9.71. The van der Waals surface area contributed by atoms with E-state index in [2.05, 4.69) is 19.1 Å². The van der Waals surface area contributed by atoms with Crippen LogP contribution in [0.2, 0.25) is 0 Å². The predicted octanol–water partition coefficient (Wildman–Crippen LogP) is 2.96. The molecule has 1 aliphatic heterocycles. The Morgan fingerprint density at radius 2 is 1.64 bits per heavy atom. The highest BCUT2D eigenvalue weighted by Gasteiger charge is 2.40. The normalized spacial score (nSPS) is 25.0.